The number of nitrogen functional groups attached to an aromatic ring is 1. The molecule has 1 aromatic heterocycles. The highest BCUT2D eigenvalue weighted by molar-refractivity contribution is 5.65. The van der Waals surface area contributed by atoms with E-state index in [4.69, 9.17) is 5.73 Å². The Morgan fingerprint density at radius 1 is 1.28 bits per heavy atom. The molecule has 1 heterocycles. The first-order valence-corrected chi connectivity index (χ1v) is 5.33. The largest absolute Gasteiger partial charge is 0.383 e. The fourth-order valence-corrected chi connectivity index (χ4v) is 1.55. The zero-order valence-corrected chi connectivity index (χ0v) is 10.0. The molecule has 0 saturated carbocycles. The summed E-state index contributed by atoms with van der Waals surface area (Å²) >= 11 is 0. The van der Waals surface area contributed by atoms with Gasteiger partial charge in [-0.25, -0.2) is 9.97 Å². The molecule has 1 aromatic carbocycles. The highest BCUT2D eigenvalue weighted by Crippen LogP contribution is 2.25. The molecule has 0 saturated heterocycles. The summed E-state index contributed by atoms with van der Waals surface area (Å²) in [5.41, 5.74) is 8.00. The van der Waals surface area contributed by atoms with Gasteiger partial charge in [-0.1, -0.05) is 6.07 Å². The minimum absolute atomic E-state index is 0.0124. The van der Waals surface area contributed by atoms with E-state index in [-0.39, 0.29) is 5.69 Å². The van der Waals surface area contributed by atoms with Gasteiger partial charge in [0.05, 0.1) is 4.92 Å². The highest BCUT2D eigenvalue weighted by atomic mass is 16.6. The van der Waals surface area contributed by atoms with Gasteiger partial charge < -0.3 is 5.73 Å². The molecular formula is C12H12N4O2. The molecule has 0 fully saturated rings. The third-order valence-electron chi connectivity index (χ3n) is 2.68. The van der Waals surface area contributed by atoms with Crippen LogP contribution in [0, 0.1) is 24.0 Å². The van der Waals surface area contributed by atoms with E-state index in [2.05, 4.69) is 9.97 Å². The van der Waals surface area contributed by atoms with E-state index in [1.165, 1.54) is 12.1 Å². The number of anilines is 1. The van der Waals surface area contributed by atoms with Gasteiger partial charge in [-0.3, -0.25) is 10.1 Å². The second-order valence-electron chi connectivity index (χ2n) is 4.02. The van der Waals surface area contributed by atoms with Gasteiger partial charge in [0.1, 0.15) is 5.82 Å². The van der Waals surface area contributed by atoms with Crippen LogP contribution in [-0.2, 0) is 0 Å². The molecule has 2 rings (SSSR count). The van der Waals surface area contributed by atoms with Crippen LogP contribution in [0.2, 0.25) is 0 Å². The van der Waals surface area contributed by atoms with E-state index in [0.29, 0.717) is 17.2 Å². The summed E-state index contributed by atoms with van der Waals surface area (Å²) < 4.78 is 0. The van der Waals surface area contributed by atoms with Gasteiger partial charge in [-0.2, -0.15) is 0 Å². The molecule has 92 valence electrons. The number of benzene rings is 1. The fourth-order valence-electron chi connectivity index (χ4n) is 1.55. The number of aryl methyl sites for hydroxylation is 2. The van der Waals surface area contributed by atoms with Crippen LogP contribution in [0.5, 0.6) is 0 Å². The standard InChI is InChI=1S/C12H12N4O2/c1-7-3-4-9(16(17)18)5-10(7)12-14-6-8(2)11(13)15-12/h3-6H,1-2H3,(H2,13,14,15). The molecule has 6 heteroatoms. The van der Waals surface area contributed by atoms with Crippen molar-refractivity contribution in [3.05, 3.63) is 45.6 Å². The van der Waals surface area contributed by atoms with Crippen LogP contribution in [0.25, 0.3) is 11.4 Å². The number of hydrogen-bond acceptors (Lipinski definition) is 5. The monoisotopic (exact) mass is 244 g/mol. The lowest BCUT2D eigenvalue weighted by Gasteiger charge is -2.06. The molecule has 18 heavy (non-hydrogen) atoms. The van der Waals surface area contributed by atoms with Gasteiger partial charge >= 0.3 is 0 Å². The molecular weight excluding hydrogens is 232 g/mol. The predicted octanol–water partition coefficient (Wildman–Crippen LogP) is 2.25. The fraction of sp³-hybridized carbons (Fsp3) is 0.167. The third kappa shape index (κ3) is 2.13. The number of nitrogens with two attached hydrogens (primary N) is 1. The Morgan fingerprint density at radius 3 is 2.61 bits per heavy atom. The summed E-state index contributed by atoms with van der Waals surface area (Å²) in [6.45, 7) is 3.65. The SMILES string of the molecule is Cc1ccc([N+](=O)[O-])cc1-c1ncc(C)c(N)n1. The Morgan fingerprint density at radius 2 is 2.00 bits per heavy atom. The lowest BCUT2D eigenvalue weighted by molar-refractivity contribution is -0.384. The maximum atomic E-state index is 10.8. The number of hydrogen-bond donors (Lipinski definition) is 1. The van der Waals surface area contributed by atoms with Crippen molar-refractivity contribution in [3.8, 4) is 11.4 Å². The number of nitro groups is 1. The Labute approximate surface area is 104 Å². The minimum Gasteiger partial charge on any atom is -0.383 e. The first-order chi connectivity index (χ1) is 8.49. The Hall–Kier alpha value is -2.50. The minimum atomic E-state index is -0.444. The summed E-state index contributed by atoms with van der Waals surface area (Å²) in [6, 6.07) is 4.59. The molecule has 6 nitrogen and oxygen atoms in total. The van der Waals surface area contributed by atoms with Crippen LogP contribution in [0.1, 0.15) is 11.1 Å². The molecule has 0 radical (unpaired) electrons. The van der Waals surface area contributed by atoms with Crippen LogP contribution in [-0.4, -0.2) is 14.9 Å². The topological polar surface area (TPSA) is 94.9 Å². The second kappa shape index (κ2) is 4.40. The van der Waals surface area contributed by atoms with Gasteiger partial charge in [0.15, 0.2) is 5.82 Å². The van der Waals surface area contributed by atoms with Crippen LogP contribution in [0.4, 0.5) is 11.5 Å². The van der Waals surface area contributed by atoms with Gasteiger partial charge in [-0.15, -0.1) is 0 Å². The summed E-state index contributed by atoms with van der Waals surface area (Å²) in [5.74, 6) is 0.783. The van der Waals surface area contributed by atoms with Crippen molar-refractivity contribution in [1.82, 2.24) is 9.97 Å². The van der Waals surface area contributed by atoms with Crippen molar-refractivity contribution in [2.75, 3.05) is 5.73 Å². The van der Waals surface area contributed by atoms with Crippen LogP contribution in [0.15, 0.2) is 24.4 Å². The molecule has 0 aliphatic rings. The summed E-state index contributed by atoms with van der Waals surface area (Å²) in [5, 5.41) is 10.8. The average Bonchev–Trinajstić information content (AvgIpc) is 2.33. The molecule has 0 atom stereocenters. The van der Waals surface area contributed by atoms with E-state index in [9.17, 15) is 10.1 Å². The molecule has 0 unspecified atom stereocenters. The van der Waals surface area contributed by atoms with Crippen molar-refractivity contribution >= 4 is 11.5 Å². The van der Waals surface area contributed by atoms with E-state index in [1.54, 1.807) is 19.2 Å². The van der Waals surface area contributed by atoms with Crippen molar-refractivity contribution in [2.45, 2.75) is 13.8 Å². The second-order valence-corrected chi connectivity index (χ2v) is 4.02. The molecule has 0 amide bonds. The highest BCUT2D eigenvalue weighted by Gasteiger charge is 2.12. The summed E-state index contributed by atoms with van der Waals surface area (Å²) in [6.07, 6.45) is 1.61. The van der Waals surface area contributed by atoms with Gasteiger partial charge in [0.2, 0.25) is 0 Å². The zero-order chi connectivity index (χ0) is 13.3. The molecule has 0 aliphatic carbocycles. The van der Waals surface area contributed by atoms with E-state index in [0.717, 1.165) is 11.1 Å². The number of aromatic nitrogens is 2. The van der Waals surface area contributed by atoms with Crippen LogP contribution < -0.4 is 5.73 Å². The Bertz CT molecular complexity index is 625. The number of nitro benzene ring substituents is 1. The first-order valence-electron chi connectivity index (χ1n) is 5.33. The van der Waals surface area contributed by atoms with E-state index in [1.807, 2.05) is 6.92 Å². The van der Waals surface area contributed by atoms with Gasteiger partial charge in [0, 0.05) is 29.5 Å². The van der Waals surface area contributed by atoms with Crippen molar-refractivity contribution in [3.63, 3.8) is 0 Å². The Balaban J connectivity index is 2.58. The van der Waals surface area contributed by atoms with Crippen LogP contribution in [0.3, 0.4) is 0 Å². The van der Waals surface area contributed by atoms with Gasteiger partial charge in [0.25, 0.3) is 5.69 Å². The van der Waals surface area contributed by atoms with Gasteiger partial charge in [-0.05, 0) is 19.4 Å². The number of non-ortho nitro benzene ring substituents is 1. The maximum Gasteiger partial charge on any atom is 0.270 e. The quantitative estimate of drug-likeness (QED) is 0.645. The molecule has 0 aliphatic heterocycles. The number of rotatable bonds is 2. The number of nitrogens with zero attached hydrogens (tertiary/aromatic N) is 3. The molecule has 0 bridgehead atoms. The molecule has 2 aromatic rings. The van der Waals surface area contributed by atoms with E-state index >= 15 is 0 Å². The average molecular weight is 244 g/mol. The lowest BCUT2D eigenvalue weighted by atomic mass is 10.1. The van der Waals surface area contributed by atoms with Crippen molar-refractivity contribution < 1.29 is 4.92 Å². The van der Waals surface area contributed by atoms with Crippen molar-refractivity contribution in [1.29, 1.82) is 0 Å². The zero-order valence-electron chi connectivity index (χ0n) is 10.0. The normalized spacial score (nSPS) is 10.3. The Kier molecular flexibility index (Phi) is 2.93. The van der Waals surface area contributed by atoms with E-state index < -0.39 is 4.92 Å². The predicted molar refractivity (Wildman–Crippen MR) is 68.0 cm³/mol. The maximum absolute atomic E-state index is 10.8. The summed E-state index contributed by atoms with van der Waals surface area (Å²) in [7, 11) is 0. The third-order valence-corrected chi connectivity index (χ3v) is 2.68. The molecule has 0 spiro atoms. The first kappa shape index (κ1) is 12.0. The summed E-state index contributed by atoms with van der Waals surface area (Å²) in [4.78, 5) is 18.6. The van der Waals surface area contributed by atoms with Crippen LogP contribution >= 0.6 is 0 Å². The smallest absolute Gasteiger partial charge is 0.270 e. The molecule has 2 N–H and O–H groups in total. The van der Waals surface area contributed by atoms with Crippen molar-refractivity contribution in [2.24, 2.45) is 0 Å². The lowest BCUT2D eigenvalue weighted by Crippen LogP contribution is -2.00.